The average molecular weight is 344 g/mol. The van der Waals surface area contributed by atoms with Crippen molar-refractivity contribution in [1.82, 2.24) is 15.0 Å². The number of rotatable bonds is 5. The number of nitrogen functional groups attached to an aromatic ring is 1. The summed E-state index contributed by atoms with van der Waals surface area (Å²) in [6.07, 6.45) is -3.38. The molecule has 0 bridgehead atoms. The minimum atomic E-state index is -2.17. The Balaban J connectivity index is 2.46. The van der Waals surface area contributed by atoms with Gasteiger partial charge in [-0.2, -0.15) is 4.98 Å². The average Bonchev–Trinajstić information content (AvgIpc) is 2.77. The molecule has 1 aliphatic rings. The van der Waals surface area contributed by atoms with Gasteiger partial charge in [0.05, 0.1) is 12.5 Å². The van der Waals surface area contributed by atoms with Crippen molar-refractivity contribution in [2.45, 2.75) is 38.0 Å². The van der Waals surface area contributed by atoms with Crippen molar-refractivity contribution in [3.63, 3.8) is 0 Å². The monoisotopic (exact) mass is 344 g/mol. The first kappa shape index (κ1) is 18.3. The standard InChI is InChI=1S/C13H20N4O7/c1-6(2)11(21)24-16-13(10(20)9(19)7(5-18)23-13)17-4-3-8(14)15-12(17)22/h3-4,6-7,9-10,16,18-20H,5H2,1-2H3,(H2,14,15,22)/t7-,9-,10-,13+/m1/s1. The maximum absolute atomic E-state index is 12.1. The SMILES string of the molecule is CC(C)C(=O)ON[C@@]1(n2ccc(N)nc2=O)O[C@H](CO)[C@@H](O)[C@H]1O. The van der Waals surface area contributed by atoms with E-state index in [2.05, 4.69) is 10.5 Å². The number of hydrogen-bond acceptors (Lipinski definition) is 10. The van der Waals surface area contributed by atoms with E-state index >= 15 is 0 Å². The summed E-state index contributed by atoms with van der Waals surface area (Å²) in [5, 5.41) is 29.6. The van der Waals surface area contributed by atoms with Crippen LogP contribution in [0.3, 0.4) is 0 Å². The predicted octanol–water partition coefficient (Wildman–Crippen LogP) is -2.75. The number of hydroxylamine groups is 1. The topological polar surface area (TPSA) is 169 Å². The minimum absolute atomic E-state index is 0.0719. The summed E-state index contributed by atoms with van der Waals surface area (Å²) in [6, 6.07) is 1.25. The third kappa shape index (κ3) is 3.12. The summed E-state index contributed by atoms with van der Waals surface area (Å²) < 4.78 is 6.18. The van der Waals surface area contributed by atoms with E-state index in [1.54, 1.807) is 13.8 Å². The van der Waals surface area contributed by atoms with Crippen molar-refractivity contribution < 1.29 is 29.7 Å². The van der Waals surface area contributed by atoms with Gasteiger partial charge in [0.2, 0.25) is 0 Å². The molecular formula is C13H20N4O7. The van der Waals surface area contributed by atoms with Gasteiger partial charge in [0.1, 0.15) is 24.1 Å². The molecule has 0 unspecified atom stereocenters. The van der Waals surface area contributed by atoms with Gasteiger partial charge in [0, 0.05) is 6.20 Å². The highest BCUT2D eigenvalue weighted by Crippen LogP contribution is 2.32. The Hall–Kier alpha value is -2.05. The van der Waals surface area contributed by atoms with Gasteiger partial charge in [-0.15, -0.1) is 0 Å². The highest BCUT2D eigenvalue weighted by atomic mass is 16.7. The molecular weight excluding hydrogens is 324 g/mol. The molecule has 1 aromatic rings. The Labute approximate surface area is 136 Å². The molecule has 0 amide bonds. The van der Waals surface area contributed by atoms with Crippen molar-refractivity contribution in [3.05, 3.63) is 22.7 Å². The van der Waals surface area contributed by atoms with Gasteiger partial charge in [-0.3, -0.25) is 9.36 Å². The quantitative estimate of drug-likeness (QED) is 0.353. The predicted molar refractivity (Wildman–Crippen MR) is 78.9 cm³/mol. The van der Waals surface area contributed by atoms with E-state index in [0.29, 0.717) is 0 Å². The largest absolute Gasteiger partial charge is 0.394 e. The number of aliphatic hydroxyl groups excluding tert-OH is 3. The summed E-state index contributed by atoms with van der Waals surface area (Å²) in [7, 11) is 0. The van der Waals surface area contributed by atoms with Crippen LogP contribution in [0, 0.1) is 5.92 Å². The maximum atomic E-state index is 12.1. The normalized spacial score (nSPS) is 29.8. The number of aromatic nitrogens is 2. The molecule has 2 rings (SSSR count). The molecule has 6 N–H and O–H groups in total. The van der Waals surface area contributed by atoms with Crippen LogP contribution in [0.5, 0.6) is 0 Å². The number of anilines is 1. The van der Waals surface area contributed by atoms with Gasteiger partial charge < -0.3 is 30.6 Å². The van der Waals surface area contributed by atoms with E-state index in [1.165, 1.54) is 6.07 Å². The highest BCUT2D eigenvalue weighted by molar-refractivity contribution is 5.71. The molecule has 11 nitrogen and oxygen atoms in total. The number of nitrogens with two attached hydrogens (primary N) is 1. The second-order valence-corrected chi connectivity index (χ2v) is 5.65. The van der Waals surface area contributed by atoms with Gasteiger partial charge in [-0.1, -0.05) is 19.3 Å². The molecule has 0 aromatic carbocycles. The first-order valence-electron chi connectivity index (χ1n) is 7.21. The van der Waals surface area contributed by atoms with Crippen LogP contribution < -0.4 is 16.9 Å². The third-order valence-corrected chi connectivity index (χ3v) is 3.57. The molecule has 0 saturated carbocycles. The van der Waals surface area contributed by atoms with Crippen LogP contribution in [0.15, 0.2) is 17.1 Å². The Morgan fingerprint density at radius 1 is 1.58 bits per heavy atom. The maximum Gasteiger partial charge on any atom is 0.353 e. The number of aliphatic hydroxyl groups is 3. The van der Waals surface area contributed by atoms with Gasteiger partial charge in [-0.05, 0) is 6.07 Å². The lowest BCUT2D eigenvalue weighted by molar-refractivity contribution is -0.238. The smallest absolute Gasteiger partial charge is 0.353 e. The van der Waals surface area contributed by atoms with Gasteiger partial charge in [0.25, 0.3) is 5.85 Å². The zero-order valence-corrected chi connectivity index (χ0v) is 13.1. The summed E-state index contributed by atoms with van der Waals surface area (Å²) in [5.74, 6) is -3.44. The van der Waals surface area contributed by atoms with Crippen LogP contribution in [-0.2, 0) is 20.2 Å². The lowest BCUT2D eigenvalue weighted by atomic mass is 10.1. The number of carbonyl (C=O) groups excluding carboxylic acids is 1. The number of nitrogens with zero attached hydrogens (tertiary/aromatic N) is 2. The molecule has 0 aliphatic carbocycles. The molecule has 134 valence electrons. The van der Waals surface area contributed by atoms with Crippen molar-refractivity contribution in [3.8, 4) is 0 Å². The van der Waals surface area contributed by atoms with Crippen LogP contribution in [0.4, 0.5) is 5.82 Å². The van der Waals surface area contributed by atoms with Crippen molar-refractivity contribution in [2.75, 3.05) is 12.3 Å². The number of nitrogens with one attached hydrogen (secondary N) is 1. The molecule has 0 spiro atoms. The van der Waals surface area contributed by atoms with Crippen LogP contribution >= 0.6 is 0 Å². The van der Waals surface area contributed by atoms with Crippen LogP contribution in [-0.4, -0.2) is 55.8 Å². The lowest BCUT2D eigenvalue weighted by Crippen LogP contribution is -2.60. The van der Waals surface area contributed by atoms with E-state index in [-0.39, 0.29) is 5.82 Å². The lowest BCUT2D eigenvalue weighted by Gasteiger charge is -2.33. The Kier molecular flexibility index (Phi) is 5.20. The van der Waals surface area contributed by atoms with E-state index in [9.17, 15) is 24.9 Å². The van der Waals surface area contributed by atoms with Gasteiger partial charge in [0.15, 0.2) is 0 Å². The summed E-state index contributed by atoms with van der Waals surface area (Å²) in [5.41, 5.74) is 6.69. The molecule has 1 fully saturated rings. The fraction of sp³-hybridized carbons (Fsp3) is 0.615. The molecule has 0 radical (unpaired) electrons. The molecule has 1 aliphatic heterocycles. The Morgan fingerprint density at radius 3 is 2.75 bits per heavy atom. The molecule has 24 heavy (non-hydrogen) atoms. The summed E-state index contributed by atoms with van der Waals surface area (Å²) >= 11 is 0. The number of ether oxygens (including phenoxy) is 1. The first-order valence-corrected chi connectivity index (χ1v) is 7.21. The van der Waals surface area contributed by atoms with E-state index in [4.69, 9.17) is 15.3 Å². The first-order chi connectivity index (χ1) is 11.2. The molecule has 4 atom stereocenters. The number of carbonyl (C=O) groups is 1. The van der Waals surface area contributed by atoms with Crippen LogP contribution in [0.2, 0.25) is 0 Å². The fourth-order valence-corrected chi connectivity index (χ4v) is 2.19. The Bertz CT molecular complexity index is 664. The van der Waals surface area contributed by atoms with Crippen molar-refractivity contribution in [2.24, 2.45) is 5.92 Å². The van der Waals surface area contributed by atoms with E-state index < -0.39 is 48.3 Å². The van der Waals surface area contributed by atoms with E-state index in [1.807, 2.05) is 0 Å². The fourth-order valence-electron chi connectivity index (χ4n) is 2.19. The van der Waals surface area contributed by atoms with E-state index in [0.717, 1.165) is 10.8 Å². The Morgan fingerprint density at radius 2 is 2.25 bits per heavy atom. The third-order valence-electron chi connectivity index (χ3n) is 3.57. The van der Waals surface area contributed by atoms with Crippen molar-refractivity contribution >= 4 is 11.8 Å². The second-order valence-electron chi connectivity index (χ2n) is 5.65. The zero-order chi connectivity index (χ0) is 18.1. The number of hydrogen-bond donors (Lipinski definition) is 5. The molecule has 1 saturated heterocycles. The minimum Gasteiger partial charge on any atom is -0.394 e. The highest BCUT2D eigenvalue weighted by Gasteiger charge is 2.57. The van der Waals surface area contributed by atoms with Crippen molar-refractivity contribution in [1.29, 1.82) is 0 Å². The van der Waals surface area contributed by atoms with Gasteiger partial charge >= 0.3 is 11.7 Å². The van der Waals surface area contributed by atoms with Crippen LogP contribution in [0.1, 0.15) is 13.8 Å². The second kappa shape index (κ2) is 6.83. The molecule has 1 aromatic heterocycles. The van der Waals surface area contributed by atoms with Gasteiger partial charge in [-0.25, -0.2) is 4.79 Å². The summed E-state index contributed by atoms with van der Waals surface area (Å²) in [4.78, 5) is 32.2. The van der Waals surface area contributed by atoms with Crippen LogP contribution in [0.25, 0.3) is 0 Å². The molecule has 2 heterocycles. The molecule has 11 heteroatoms. The zero-order valence-electron chi connectivity index (χ0n) is 13.1. The summed E-state index contributed by atoms with van der Waals surface area (Å²) in [6.45, 7) is 2.51.